The van der Waals surface area contributed by atoms with E-state index in [1.807, 2.05) is 6.07 Å². The summed E-state index contributed by atoms with van der Waals surface area (Å²) in [5.74, 6) is 0.942. The summed E-state index contributed by atoms with van der Waals surface area (Å²) in [7, 11) is -1.12. The Morgan fingerprint density at radius 2 is 1.92 bits per heavy atom. The molecule has 0 unspecified atom stereocenters. The molecular formula is C17H26BrClN4OSi. The highest BCUT2D eigenvalue weighted by Gasteiger charge is 2.27. The lowest BCUT2D eigenvalue weighted by Gasteiger charge is -2.22. The monoisotopic (exact) mass is 444 g/mol. The van der Waals surface area contributed by atoms with Crippen LogP contribution in [0.1, 0.15) is 26.6 Å². The fourth-order valence-electron chi connectivity index (χ4n) is 2.37. The summed E-state index contributed by atoms with van der Waals surface area (Å²) in [6.07, 6.45) is 1.65. The van der Waals surface area contributed by atoms with Crippen molar-refractivity contribution in [1.82, 2.24) is 19.5 Å². The number of ether oxygens (including phenoxy) is 1. The molecule has 0 spiro atoms. The number of hydrogen-bond acceptors (Lipinski definition) is 4. The zero-order valence-corrected chi connectivity index (χ0v) is 19.1. The van der Waals surface area contributed by atoms with E-state index in [-0.39, 0.29) is 10.7 Å². The summed E-state index contributed by atoms with van der Waals surface area (Å²) in [5.41, 5.74) is 1.46. The minimum atomic E-state index is -1.12. The van der Waals surface area contributed by atoms with Crippen LogP contribution < -0.4 is 0 Å². The highest BCUT2D eigenvalue weighted by Crippen LogP contribution is 2.33. The van der Waals surface area contributed by atoms with Crippen LogP contribution in [-0.4, -0.2) is 34.2 Å². The third-order valence-electron chi connectivity index (χ3n) is 3.68. The predicted octanol–water partition coefficient (Wildman–Crippen LogP) is 5.37. The van der Waals surface area contributed by atoms with Crippen molar-refractivity contribution in [2.24, 2.45) is 0 Å². The first kappa shape index (κ1) is 20.5. The summed E-state index contributed by atoms with van der Waals surface area (Å²) in [5, 5.41) is 0.217. The zero-order valence-electron chi connectivity index (χ0n) is 15.7. The number of rotatable bonds is 6. The van der Waals surface area contributed by atoms with E-state index in [2.05, 4.69) is 70.9 Å². The second-order valence-electron chi connectivity index (χ2n) is 8.31. The first-order chi connectivity index (χ1) is 11.5. The molecule has 2 heterocycles. The SMILES string of the molecule is CC(C)(C)c1nc(Br)c(-c2ccnc(Cl)n2)n1COCC[Si](C)(C)C. The first-order valence-electron chi connectivity index (χ1n) is 8.32. The van der Waals surface area contributed by atoms with E-state index in [1.165, 1.54) is 0 Å². The number of aromatic nitrogens is 4. The second kappa shape index (κ2) is 7.86. The fraction of sp³-hybridized carbons (Fsp3) is 0.588. The molecule has 138 valence electrons. The fourth-order valence-corrected chi connectivity index (χ4v) is 3.86. The van der Waals surface area contributed by atoms with Gasteiger partial charge in [0.1, 0.15) is 22.9 Å². The molecule has 0 fully saturated rings. The molecule has 0 N–H and O–H groups in total. The van der Waals surface area contributed by atoms with Crippen LogP contribution in [0.4, 0.5) is 0 Å². The average Bonchev–Trinajstić information content (AvgIpc) is 2.79. The molecule has 0 saturated heterocycles. The van der Waals surface area contributed by atoms with E-state index in [1.54, 1.807) is 6.20 Å². The minimum Gasteiger partial charge on any atom is -0.361 e. The van der Waals surface area contributed by atoms with Crippen molar-refractivity contribution < 1.29 is 4.74 Å². The van der Waals surface area contributed by atoms with E-state index in [0.717, 1.165) is 34.5 Å². The van der Waals surface area contributed by atoms with E-state index in [4.69, 9.17) is 21.3 Å². The van der Waals surface area contributed by atoms with Crippen LogP contribution in [0, 0.1) is 0 Å². The van der Waals surface area contributed by atoms with Crippen LogP contribution in [0.15, 0.2) is 16.9 Å². The number of imidazole rings is 1. The summed E-state index contributed by atoms with van der Waals surface area (Å²) in [4.78, 5) is 13.0. The Labute approximate surface area is 164 Å². The van der Waals surface area contributed by atoms with Crippen molar-refractivity contribution in [3.05, 3.63) is 28.0 Å². The zero-order chi connectivity index (χ0) is 18.8. The first-order valence-corrected chi connectivity index (χ1v) is 13.2. The van der Waals surface area contributed by atoms with Gasteiger partial charge in [-0.1, -0.05) is 40.4 Å². The van der Waals surface area contributed by atoms with E-state index >= 15 is 0 Å². The Bertz CT molecular complexity index is 737. The molecule has 0 aliphatic heterocycles. The molecule has 0 saturated carbocycles. The topological polar surface area (TPSA) is 52.8 Å². The summed E-state index contributed by atoms with van der Waals surface area (Å²) >= 11 is 9.56. The van der Waals surface area contributed by atoms with E-state index in [9.17, 15) is 0 Å². The molecule has 0 atom stereocenters. The molecule has 2 aromatic rings. The van der Waals surface area contributed by atoms with Crippen molar-refractivity contribution >= 4 is 35.6 Å². The molecule has 0 aromatic carbocycles. The van der Waals surface area contributed by atoms with Gasteiger partial charge in [0, 0.05) is 26.3 Å². The summed E-state index contributed by atoms with van der Waals surface area (Å²) < 4.78 is 8.81. The number of halogens is 2. The van der Waals surface area contributed by atoms with Crippen molar-refractivity contribution in [1.29, 1.82) is 0 Å². The molecule has 8 heteroatoms. The lowest BCUT2D eigenvalue weighted by molar-refractivity contribution is 0.0841. The molecule has 0 radical (unpaired) electrons. The van der Waals surface area contributed by atoms with Crippen molar-refractivity contribution in [2.45, 2.75) is 58.6 Å². The molecule has 0 aliphatic carbocycles. The van der Waals surface area contributed by atoms with Crippen LogP contribution >= 0.6 is 27.5 Å². The van der Waals surface area contributed by atoms with Crippen LogP contribution in [-0.2, 0) is 16.9 Å². The Balaban J connectivity index is 2.37. The van der Waals surface area contributed by atoms with Gasteiger partial charge in [-0.15, -0.1) is 0 Å². The van der Waals surface area contributed by atoms with Gasteiger partial charge in [-0.3, -0.25) is 0 Å². The maximum absolute atomic E-state index is 6.00. The largest absolute Gasteiger partial charge is 0.361 e. The highest BCUT2D eigenvalue weighted by atomic mass is 79.9. The third-order valence-corrected chi connectivity index (χ3v) is 6.12. The van der Waals surface area contributed by atoms with Gasteiger partial charge in [0.15, 0.2) is 0 Å². The maximum atomic E-state index is 6.00. The molecule has 0 bridgehead atoms. The standard InChI is InChI=1S/C17H26BrClN4OSi/c1-17(2,3)15-22-14(18)13(12-7-8-20-16(19)21-12)23(15)11-24-9-10-25(4,5)6/h7-8H,9-11H2,1-6H3. The van der Waals surface area contributed by atoms with Crippen molar-refractivity contribution in [3.8, 4) is 11.4 Å². The average molecular weight is 446 g/mol. The molecule has 5 nitrogen and oxygen atoms in total. The van der Waals surface area contributed by atoms with Gasteiger partial charge in [0.05, 0.1) is 5.69 Å². The van der Waals surface area contributed by atoms with Crippen molar-refractivity contribution in [3.63, 3.8) is 0 Å². The van der Waals surface area contributed by atoms with Gasteiger partial charge < -0.3 is 9.30 Å². The van der Waals surface area contributed by atoms with E-state index in [0.29, 0.717) is 6.73 Å². The quantitative estimate of drug-likeness (QED) is 0.341. The highest BCUT2D eigenvalue weighted by molar-refractivity contribution is 9.10. The van der Waals surface area contributed by atoms with Crippen LogP contribution in [0.3, 0.4) is 0 Å². The molecule has 2 aromatic heterocycles. The third kappa shape index (κ3) is 5.61. The molecular weight excluding hydrogens is 420 g/mol. The molecule has 0 amide bonds. The van der Waals surface area contributed by atoms with Gasteiger partial charge in [-0.05, 0) is 39.6 Å². The summed E-state index contributed by atoms with van der Waals surface area (Å²) in [6.45, 7) is 14.6. The van der Waals surface area contributed by atoms with E-state index < -0.39 is 8.07 Å². The molecule has 2 rings (SSSR count). The summed E-state index contributed by atoms with van der Waals surface area (Å²) in [6, 6.07) is 2.96. The van der Waals surface area contributed by atoms with Gasteiger partial charge in [-0.25, -0.2) is 15.0 Å². The van der Waals surface area contributed by atoms with Gasteiger partial charge in [0.2, 0.25) is 5.28 Å². The Morgan fingerprint density at radius 3 is 2.48 bits per heavy atom. The Hall–Kier alpha value is -0.763. The van der Waals surface area contributed by atoms with Crippen LogP contribution in [0.2, 0.25) is 31.0 Å². The normalized spacial score (nSPS) is 12.6. The minimum absolute atomic E-state index is 0.125. The second-order valence-corrected chi connectivity index (χ2v) is 15.0. The Morgan fingerprint density at radius 1 is 1.24 bits per heavy atom. The van der Waals surface area contributed by atoms with Gasteiger partial charge >= 0.3 is 0 Å². The van der Waals surface area contributed by atoms with Crippen LogP contribution in [0.5, 0.6) is 0 Å². The number of nitrogens with zero attached hydrogens (tertiary/aromatic N) is 4. The lowest BCUT2D eigenvalue weighted by atomic mass is 9.96. The van der Waals surface area contributed by atoms with Gasteiger partial charge in [-0.2, -0.15) is 0 Å². The number of hydrogen-bond donors (Lipinski definition) is 0. The van der Waals surface area contributed by atoms with Crippen molar-refractivity contribution in [2.75, 3.05) is 6.61 Å². The molecule has 0 aliphatic rings. The Kier molecular flexibility index (Phi) is 6.46. The van der Waals surface area contributed by atoms with Gasteiger partial charge in [0.25, 0.3) is 0 Å². The smallest absolute Gasteiger partial charge is 0.222 e. The predicted molar refractivity (Wildman–Crippen MR) is 109 cm³/mol. The maximum Gasteiger partial charge on any atom is 0.222 e. The lowest BCUT2D eigenvalue weighted by Crippen LogP contribution is -2.24. The molecule has 25 heavy (non-hydrogen) atoms. The van der Waals surface area contributed by atoms with Crippen LogP contribution in [0.25, 0.3) is 11.4 Å².